The molecule has 0 aliphatic carbocycles. The van der Waals surface area contributed by atoms with Crippen LogP contribution in [0.15, 0.2) is 0 Å². The molecular formula is C5H8N2Na2O5S2. The SMILES string of the molecule is O=C([O-])CNC(=S)NCCS(=O)(=O)[O-].[Na+].[Na+]. The molecule has 0 aliphatic heterocycles. The molecule has 0 spiro atoms. The number of rotatable bonds is 5. The second-order valence-corrected chi connectivity index (χ2v) is 4.18. The third-order valence-corrected chi connectivity index (χ3v) is 2.02. The van der Waals surface area contributed by atoms with Gasteiger partial charge in [0.1, 0.15) is 0 Å². The Morgan fingerprint density at radius 3 is 2.12 bits per heavy atom. The first-order chi connectivity index (χ1) is 6.31. The van der Waals surface area contributed by atoms with E-state index in [1.807, 2.05) is 0 Å². The molecule has 0 bridgehead atoms. The normalized spacial score (nSPS) is 9.31. The summed E-state index contributed by atoms with van der Waals surface area (Å²) < 4.78 is 30.3. The molecule has 0 saturated heterocycles. The van der Waals surface area contributed by atoms with Crippen molar-refractivity contribution < 1.29 is 82.0 Å². The molecule has 7 nitrogen and oxygen atoms in total. The fourth-order valence-electron chi connectivity index (χ4n) is 0.505. The van der Waals surface area contributed by atoms with Crippen LogP contribution in [0.25, 0.3) is 0 Å². The molecule has 0 aromatic heterocycles. The molecule has 0 fully saturated rings. The van der Waals surface area contributed by atoms with Gasteiger partial charge in [0.05, 0.1) is 28.4 Å². The second kappa shape index (κ2) is 11.2. The molecule has 0 unspecified atom stereocenters. The topological polar surface area (TPSA) is 121 Å². The summed E-state index contributed by atoms with van der Waals surface area (Å²) in [7, 11) is -4.28. The first-order valence-corrected chi connectivity index (χ1v) is 5.45. The van der Waals surface area contributed by atoms with Crippen LogP contribution in [0.5, 0.6) is 0 Å². The van der Waals surface area contributed by atoms with Crippen LogP contribution in [0, 0.1) is 0 Å². The van der Waals surface area contributed by atoms with E-state index in [1.165, 1.54) is 0 Å². The largest absolute Gasteiger partial charge is 1.00 e. The summed E-state index contributed by atoms with van der Waals surface area (Å²) in [6, 6.07) is 0. The van der Waals surface area contributed by atoms with Crippen LogP contribution in [-0.2, 0) is 14.9 Å². The van der Waals surface area contributed by atoms with Crippen molar-refractivity contribution in [3.05, 3.63) is 0 Å². The van der Waals surface area contributed by atoms with Crippen molar-refractivity contribution >= 4 is 33.4 Å². The van der Waals surface area contributed by atoms with Crippen molar-refractivity contribution in [3.63, 3.8) is 0 Å². The van der Waals surface area contributed by atoms with Gasteiger partial charge in [0.15, 0.2) is 5.11 Å². The minimum atomic E-state index is -4.28. The maximum absolute atomic E-state index is 10.1. The molecule has 0 heterocycles. The van der Waals surface area contributed by atoms with Gasteiger partial charge in [0, 0.05) is 6.54 Å². The van der Waals surface area contributed by atoms with Gasteiger partial charge < -0.3 is 25.1 Å². The van der Waals surface area contributed by atoms with Crippen LogP contribution >= 0.6 is 12.2 Å². The van der Waals surface area contributed by atoms with E-state index in [2.05, 4.69) is 22.9 Å². The molecule has 0 saturated carbocycles. The van der Waals surface area contributed by atoms with Gasteiger partial charge in [-0.1, -0.05) is 0 Å². The molecule has 0 aromatic rings. The Bertz CT molecular complexity index is 321. The first-order valence-electron chi connectivity index (χ1n) is 3.46. The van der Waals surface area contributed by atoms with E-state index in [4.69, 9.17) is 0 Å². The van der Waals surface area contributed by atoms with Crippen molar-refractivity contribution in [2.75, 3.05) is 18.8 Å². The third kappa shape index (κ3) is 17.5. The maximum Gasteiger partial charge on any atom is 1.00 e. The van der Waals surface area contributed by atoms with E-state index in [0.29, 0.717) is 0 Å². The van der Waals surface area contributed by atoms with Crippen molar-refractivity contribution in [3.8, 4) is 0 Å². The zero-order valence-corrected chi connectivity index (χ0v) is 14.6. The zero-order chi connectivity index (χ0) is 11.2. The first kappa shape index (κ1) is 22.3. The van der Waals surface area contributed by atoms with Gasteiger partial charge >= 0.3 is 59.1 Å². The summed E-state index contributed by atoms with van der Waals surface area (Å²) in [5.74, 6) is -1.95. The van der Waals surface area contributed by atoms with E-state index in [0.717, 1.165) is 0 Å². The Morgan fingerprint density at radius 1 is 1.25 bits per heavy atom. The van der Waals surface area contributed by atoms with Gasteiger partial charge in [-0.15, -0.1) is 0 Å². The fourth-order valence-corrected chi connectivity index (χ4v) is 1.03. The Hall–Kier alpha value is 1.07. The number of carboxylic acids is 1. The van der Waals surface area contributed by atoms with E-state index in [9.17, 15) is 22.9 Å². The molecule has 16 heavy (non-hydrogen) atoms. The Balaban J connectivity index is -0.000000845. The Labute approximate surface area is 143 Å². The fraction of sp³-hybridized carbons (Fsp3) is 0.600. The summed E-state index contributed by atoms with van der Waals surface area (Å²) in [6.45, 7) is -0.638. The van der Waals surface area contributed by atoms with Crippen LogP contribution in [0.2, 0.25) is 0 Å². The second-order valence-electron chi connectivity index (χ2n) is 2.24. The molecule has 0 radical (unpaired) electrons. The molecule has 0 aromatic carbocycles. The number of carbonyl (C=O) groups excluding carboxylic acids is 1. The minimum Gasteiger partial charge on any atom is -0.748 e. The number of hydrogen-bond donors (Lipinski definition) is 2. The average Bonchev–Trinajstić information content (AvgIpc) is 1.98. The van der Waals surface area contributed by atoms with Crippen LogP contribution in [-0.4, -0.2) is 42.9 Å². The van der Waals surface area contributed by atoms with Gasteiger partial charge in [-0.3, -0.25) is 0 Å². The predicted octanol–water partition coefficient (Wildman–Crippen LogP) is -9.25. The van der Waals surface area contributed by atoms with E-state index < -0.39 is 28.4 Å². The smallest absolute Gasteiger partial charge is 0.748 e. The third-order valence-electron chi connectivity index (χ3n) is 1.03. The Morgan fingerprint density at radius 2 is 1.75 bits per heavy atom. The van der Waals surface area contributed by atoms with Crippen molar-refractivity contribution in [2.24, 2.45) is 0 Å². The van der Waals surface area contributed by atoms with Crippen LogP contribution in [0.3, 0.4) is 0 Å². The summed E-state index contributed by atoms with van der Waals surface area (Å²) in [5.41, 5.74) is 0. The van der Waals surface area contributed by atoms with Gasteiger partial charge in [-0.2, -0.15) is 0 Å². The molecule has 0 aliphatic rings. The number of carboxylic acid groups (broad SMARTS) is 1. The van der Waals surface area contributed by atoms with E-state index in [1.54, 1.807) is 0 Å². The number of aliphatic carboxylic acids is 1. The summed E-state index contributed by atoms with van der Waals surface area (Å²) in [4.78, 5) is 9.93. The standard InChI is InChI=1S/C5H10N2O5S2.2Na/c8-4(9)3-7-5(13)6-1-2-14(10,11)12;;/h1-3H2,(H,8,9)(H2,6,7,13)(H,10,11,12);;/q;2*+1/p-2. The number of thiocarbonyl (C=S) groups is 1. The molecule has 82 valence electrons. The van der Waals surface area contributed by atoms with E-state index >= 15 is 0 Å². The number of nitrogens with one attached hydrogen (secondary N) is 2. The van der Waals surface area contributed by atoms with Crippen molar-refractivity contribution in [1.29, 1.82) is 0 Å². The molecular weight excluding hydrogens is 278 g/mol. The Kier molecular flexibility index (Phi) is 15.6. The summed E-state index contributed by atoms with van der Waals surface area (Å²) >= 11 is 4.55. The predicted molar refractivity (Wildman–Crippen MR) is 48.2 cm³/mol. The molecule has 11 heteroatoms. The monoisotopic (exact) mass is 286 g/mol. The molecule has 2 N–H and O–H groups in total. The quantitative estimate of drug-likeness (QED) is 0.290. The zero-order valence-electron chi connectivity index (χ0n) is 8.98. The van der Waals surface area contributed by atoms with Gasteiger partial charge in [-0.05, 0) is 12.2 Å². The molecule has 0 rings (SSSR count). The van der Waals surface area contributed by atoms with Crippen LogP contribution in [0.4, 0.5) is 0 Å². The average molecular weight is 286 g/mol. The minimum absolute atomic E-state index is 0. The van der Waals surface area contributed by atoms with Crippen molar-refractivity contribution in [1.82, 2.24) is 10.6 Å². The van der Waals surface area contributed by atoms with Gasteiger partial charge in [0.2, 0.25) is 0 Å². The maximum atomic E-state index is 10.1. The number of carbonyl (C=O) groups is 1. The van der Waals surface area contributed by atoms with Crippen molar-refractivity contribution in [2.45, 2.75) is 0 Å². The van der Waals surface area contributed by atoms with E-state index in [-0.39, 0.29) is 70.8 Å². The summed E-state index contributed by atoms with van der Waals surface area (Å²) in [5, 5.41) is 14.5. The molecule has 0 amide bonds. The molecule has 0 atom stereocenters. The summed E-state index contributed by atoms with van der Waals surface area (Å²) in [6.07, 6.45) is 0. The number of hydrogen-bond acceptors (Lipinski definition) is 6. The van der Waals surface area contributed by atoms with Crippen LogP contribution in [0.1, 0.15) is 0 Å². The van der Waals surface area contributed by atoms with Gasteiger partial charge in [0.25, 0.3) is 0 Å². The van der Waals surface area contributed by atoms with Crippen LogP contribution < -0.4 is 74.9 Å². The van der Waals surface area contributed by atoms with Gasteiger partial charge in [-0.25, -0.2) is 8.42 Å².